The summed E-state index contributed by atoms with van der Waals surface area (Å²) in [6.07, 6.45) is 3.47. The highest BCUT2D eigenvalue weighted by molar-refractivity contribution is 6.10. The lowest BCUT2D eigenvalue weighted by atomic mass is 9.73. The summed E-state index contributed by atoms with van der Waals surface area (Å²) in [5, 5.41) is 5.61. The summed E-state index contributed by atoms with van der Waals surface area (Å²) in [5.41, 5.74) is 0.788. The standard InChI is InChI=1S/C24H27N3O4/c1-17-7-5-6-14-24(17)22(29)27(23(30)26-24)15-21(28)25-19-10-12-20(13-11-19)31-16-18-8-3-2-4-9-18/h2-4,8-13,17H,5-7,14-16H2,1H3,(H,25,28)(H,26,30)/t17-,24-/m1/s1. The average molecular weight is 421 g/mol. The maximum atomic E-state index is 13.0. The minimum atomic E-state index is -0.854. The Labute approximate surface area is 181 Å². The van der Waals surface area contributed by atoms with Crippen molar-refractivity contribution in [1.29, 1.82) is 0 Å². The number of hydrogen-bond acceptors (Lipinski definition) is 4. The van der Waals surface area contributed by atoms with E-state index in [4.69, 9.17) is 4.74 Å². The number of imide groups is 1. The Balaban J connectivity index is 1.32. The summed E-state index contributed by atoms with van der Waals surface area (Å²) in [4.78, 5) is 38.9. The molecule has 2 fully saturated rings. The van der Waals surface area contributed by atoms with E-state index < -0.39 is 17.5 Å². The maximum absolute atomic E-state index is 13.0. The third kappa shape index (κ3) is 4.40. The van der Waals surface area contributed by atoms with Crippen LogP contribution in [0.25, 0.3) is 0 Å². The number of benzene rings is 2. The second-order valence-corrected chi connectivity index (χ2v) is 8.29. The van der Waals surface area contributed by atoms with Gasteiger partial charge in [-0.05, 0) is 48.6 Å². The Morgan fingerprint density at radius 2 is 1.87 bits per heavy atom. The van der Waals surface area contributed by atoms with Gasteiger partial charge in [-0.1, -0.05) is 50.1 Å². The first-order chi connectivity index (χ1) is 15.0. The predicted molar refractivity (Wildman–Crippen MR) is 116 cm³/mol. The summed E-state index contributed by atoms with van der Waals surface area (Å²) in [6.45, 7) is 2.15. The molecular formula is C24H27N3O4. The van der Waals surface area contributed by atoms with Crippen LogP contribution < -0.4 is 15.4 Å². The highest BCUT2D eigenvalue weighted by atomic mass is 16.5. The first-order valence-corrected chi connectivity index (χ1v) is 10.7. The Morgan fingerprint density at radius 1 is 1.13 bits per heavy atom. The van der Waals surface area contributed by atoms with Gasteiger partial charge < -0.3 is 15.4 Å². The zero-order chi connectivity index (χ0) is 21.8. The van der Waals surface area contributed by atoms with E-state index in [0.717, 1.165) is 29.7 Å². The van der Waals surface area contributed by atoms with E-state index in [1.165, 1.54) is 0 Å². The number of ether oxygens (including phenoxy) is 1. The van der Waals surface area contributed by atoms with Gasteiger partial charge in [0, 0.05) is 5.69 Å². The molecule has 1 aliphatic heterocycles. The smallest absolute Gasteiger partial charge is 0.325 e. The Bertz CT molecular complexity index is 961. The van der Waals surface area contributed by atoms with Crippen LogP contribution in [0.1, 0.15) is 38.2 Å². The van der Waals surface area contributed by atoms with Crippen LogP contribution in [0.5, 0.6) is 5.75 Å². The van der Waals surface area contributed by atoms with Crippen molar-refractivity contribution < 1.29 is 19.1 Å². The first kappa shape index (κ1) is 20.9. The van der Waals surface area contributed by atoms with Crippen molar-refractivity contribution in [2.24, 2.45) is 5.92 Å². The molecule has 1 aliphatic carbocycles. The fraction of sp³-hybridized carbons (Fsp3) is 0.375. The van der Waals surface area contributed by atoms with E-state index in [1.807, 2.05) is 37.3 Å². The molecule has 0 unspecified atom stereocenters. The molecule has 162 valence electrons. The van der Waals surface area contributed by atoms with Crippen LogP contribution in [-0.2, 0) is 16.2 Å². The number of hydrogen-bond donors (Lipinski definition) is 2. The number of amides is 4. The highest BCUT2D eigenvalue weighted by Crippen LogP contribution is 2.38. The zero-order valence-corrected chi connectivity index (χ0v) is 17.6. The lowest BCUT2D eigenvalue weighted by Gasteiger charge is -2.36. The lowest BCUT2D eigenvalue weighted by Crippen LogP contribution is -2.54. The zero-order valence-electron chi connectivity index (χ0n) is 17.6. The summed E-state index contributed by atoms with van der Waals surface area (Å²) in [7, 11) is 0. The maximum Gasteiger partial charge on any atom is 0.325 e. The molecule has 4 rings (SSSR count). The number of anilines is 1. The van der Waals surface area contributed by atoms with Crippen LogP contribution in [0.4, 0.5) is 10.5 Å². The van der Waals surface area contributed by atoms with E-state index in [2.05, 4.69) is 10.6 Å². The molecule has 0 bridgehead atoms. The molecule has 7 heteroatoms. The molecule has 1 spiro atoms. The van der Waals surface area contributed by atoms with Gasteiger partial charge in [-0.2, -0.15) is 0 Å². The van der Waals surface area contributed by atoms with Crippen molar-refractivity contribution in [3.63, 3.8) is 0 Å². The fourth-order valence-corrected chi connectivity index (χ4v) is 4.36. The molecule has 2 atom stereocenters. The lowest BCUT2D eigenvalue weighted by molar-refractivity contribution is -0.136. The molecule has 1 saturated carbocycles. The molecule has 1 heterocycles. The van der Waals surface area contributed by atoms with Crippen molar-refractivity contribution in [3.8, 4) is 5.75 Å². The Kier molecular flexibility index (Phi) is 5.93. The molecule has 2 aromatic rings. The number of urea groups is 1. The number of nitrogens with zero attached hydrogens (tertiary/aromatic N) is 1. The van der Waals surface area contributed by atoms with Crippen LogP contribution in [0.15, 0.2) is 54.6 Å². The van der Waals surface area contributed by atoms with Crippen molar-refractivity contribution in [2.45, 2.75) is 44.8 Å². The van der Waals surface area contributed by atoms with E-state index >= 15 is 0 Å². The number of nitrogens with one attached hydrogen (secondary N) is 2. The third-order valence-corrected chi connectivity index (χ3v) is 6.19. The molecule has 1 saturated heterocycles. The van der Waals surface area contributed by atoms with E-state index in [-0.39, 0.29) is 18.4 Å². The van der Waals surface area contributed by atoms with E-state index in [1.54, 1.807) is 24.3 Å². The van der Waals surface area contributed by atoms with Gasteiger partial charge in [0.2, 0.25) is 5.91 Å². The summed E-state index contributed by atoms with van der Waals surface area (Å²) < 4.78 is 5.74. The van der Waals surface area contributed by atoms with Crippen LogP contribution in [-0.4, -0.2) is 34.8 Å². The van der Waals surface area contributed by atoms with Gasteiger partial charge in [-0.25, -0.2) is 4.79 Å². The Hall–Kier alpha value is -3.35. The number of carbonyl (C=O) groups is 3. The van der Waals surface area contributed by atoms with Gasteiger partial charge in [-0.15, -0.1) is 0 Å². The molecule has 2 N–H and O–H groups in total. The number of rotatable bonds is 6. The highest BCUT2D eigenvalue weighted by Gasteiger charge is 2.55. The van der Waals surface area contributed by atoms with E-state index in [9.17, 15) is 14.4 Å². The molecule has 0 aromatic heterocycles. The van der Waals surface area contributed by atoms with Crippen molar-refractivity contribution >= 4 is 23.5 Å². The topological polar surface area (TPSA) is 87.7 Å². The fourth-order valence-electron chi connectivity index (χ4n) is 4.36. The van der Waals surface area contributed by atoms with Gasteiger partial charge in [0.05, 0.1) is 0 Å². The largest absolute Gasteiger partial charge is 0.489 e. The van der Waals surface area contributed by atoms with Crippen LogP contribution in [0, 0.1) is 5.92 Å². The van der Waals surface area contributed by atoms with Gasteiger partial charge in [-0.3, -0.25) is 14.5 Å². The third-order valence-electron chi connectivity index (χ3n) is 6.19. The summed E-state index contributed by atoms with van der Waals surface area (Å²) >= 11 is 0. The van der Waals surface area contributed by atoms with Gasteiger partial charge >= 0.3 is 6.03 Å². The van der Waals surface area contributed by atoms with Crippen LogP contribution >= 0.6 is 0 Å². The van der Waals surface area contributed by atoms with Gasteiger partial charge in [0.1, 0.15) is 24.4 Å². The number of carbonyl (C=O) groups excluding carboxylic acids is 3. The SMILES string of the molecule is C[C@@H]1CCCC[C@@]12NC(=O)N(CC(=O)Nc1ccc(OCc3ccccc3)cc1)C2=O. The minimum Gasteiger partial charge on any atom is -0.489 e. The monoisotopic (exact) mass is 421 g/mol. The minimum absolute atomic E-state index is 0.0641. The average Bonchev–Trinajstić information content (AvgIpc) is 3.01. The van der Waals surface area contributed by atoms with Gasteiger partial charge in [0.25, 0.3) is 5.91 Å². The molecule has 2 aromatic carbocycles. The van der Waals surface area contributed by atoms with Crippen molar-refractivity contribution in [3.05, 3.63) is 60.2 Å². The predicted octanol–water partition coefficient (Wildman–Crippen LogP) is 3.70. The van der Waals surface area contributed by atoms with Crippen LogP contribution in [0.3, 0.4) is 0 Å². The molecule has 31 heavy (non-hydrogen) atoms. The van der Waals surface area contributed by atoms with Gasteiger partial charge in [0.15, 0.2) is 0 Å². The second-order valence-electron chi connectivity index (χ2n) is 8.29. The second kappa shape index (κ2) is 8.79. The summed E-state index contributed by atoms with van der Waals surface area (Å²) in [5.74, 6) is 0.0462. The quantitative estimate of drug-likeness (QED) is 0.696. The normalized spacial score (nSPS) is 23.0. The Morgan fingerprint density at radius 3 is 2.58 bits per heavy atom. The van der Waals surface area contributed by atoms with Crippen molar-refractivity contribution in [2.75, 3.05) is 11.9 Å². The molecule has 4 amide bonds. The molecule has 2 aliphatic rings. The van der Waals surface area contributed by atoms with Crippen LogP contribution in [0.2, 0.25) is 0 Å². The molecule has 7 nitrogen and oxygen atoms in total. The summed E-state index contributed by atoms with van der Waals surface area (Å²) in [6, 6.07) is 16.4. The van der Waals surface area contributed by atoms with Crippen molar-refractivity contribution in [1.82, 2.24) is 10.2 Å². The molecular weight excluding hydrogens is 394 g/mol. The van der Waals surface area contributed by atoms with E-state index in [0.29, 0.717) is 24.5 Å². The molecule has 0 radical (unpaired) electrons. The first-order valence-electron chi connectivity index (χ1n) is 10.7.